The molecular formula is C18H12F3N5. The van der Waals surface area contributed by atoms with Crippen LogP contribution in [0.4, 0.5) is 13.2 Å². The number of hydrogen-bond donors (Lipinski definition) is 0. The smallest absolute Gasteiger partial charge is 0.163 e. The number of halogens is 3. The summed E-state index contributed by atoms with van der Waals surface area (Å²) in [6.45, 7) is 0.698. The van der Waals surface area contributed by atoms with Crippen LogP contribution in [0.25, 0.3) is 28.0 Å². The summed E-state index contributed by atoms with van der Waals surface area (Å²) < 4.78 is 45.0. The zero-order valence-electron chi connectivity index (χ0n) is 13.5. The monoisotopic (exact) mass is 355 g/mol. The molecule has 0 spiro atoms. The van der Waals surface area contributed by atoms with Gasteiger partial charge in [0.15, 0.2) is 17.3 Å². The fraction of sp³-hybridized carbons (Fsp3) is 0.167. The van der Waals surface area contributed by atoms with Gasteiger partial charge in [-0.3, -0.25) is 4.68 Å². The maximum Gasteiger partial charge on any atom is 0.163 e. The molecule has 5 nitrogen and oxygen atoms in total. The van der Waals surface area contributed by atoms with E-state index in [0.29, 0.717) is 23.8 Å². The molecule has 0 unspecified atom stereocenters. The van der Waals surface area contributed by atoms with E-state index in [1.165, 1.54) is 6.33 Å². The summed E-state index contributed by atoms with van der Waals surface area (Å²) in [5.74, 6) is -3.18. The SMILES string of the molecule is Fc1cc(F)c(-c2nn3c(c2-c2cccn4ncnc24)CCC3)cc1F. The highest BCUT2D eigenvalue weighted by Crippen LogP contribution is 2.39. The minimum atomic E-state index is -1.22. The predicted molar refractivity (Wildman–Crippen MR) is 87.8 cm³/mol. The Morgan fingerprint density at radius 1 is 1.00 bits per heavy atom. The summed E-state index contributed by atoms with van der Waals surface area (Å²) in [6, 6.07) is 5.07. The first-order valence-corrected chi connectivity index (χ1v) is 8.17. The van der Waals surface area contributed by atoms with Gasteiger partial charge in [-0.05, 0) is 31.0 Å². The van der Waals surface area contributed by atoms with Crippen molar-refractivity contribution < 1.29 is 13.2 Å². The van der Waals surface area contributed by atoms with Crippen LogP contribution < -0.4 is 0 Å². The van der Waals surface area contributed by atoms with Crippen molar-refractivity contribution in [3.63, 3.8) is 0 Å². The summed E-state index contributed by atoms with van der Waals surface area (Å²) in [7, 11) is 0. The first-order chi connectivity index (χ1) is 12.6. The number of aromatic nitrogens is 5. The maximum absolute atomic E-state index is 14.4. The van der Waals surface area contributed by atoms with Crippen molar-refractivity contribution in [2.24, 2.45) is 0 Å². The van der Waals surface area contributed by atoms with Crippen LogP contribution in [-0.2, 0) is 13.0 Å². The Labute approximate surface area is 145 Å². The van der Waals surface area contributed by atoms with Crippen molar-refractivity contribution in [3.8, 4) is 22.4 Å². The second-order valence-electron chi connectivity index (χ2n) is 6.19. The van der Waals surface area contributed by atoms with E-state index in [-0.39, 0.29) is 11.3 Å². The van der Waals surface area contributed by atoms with E-state index in [9.17, 15) is 13.2 Å². The topological polar surface area (TPSA) is 48.0 Å². The van der Waals surface area contributed by atoms with Crippen LogP contribution in [0, 0.1) is 17.5 Å². The van der Waals surface area contributed by atoms with Crippen LogP contribution in [0.15, 0.2) is 36.8 Å². The highest BCUT2D eigenvalue weighted by Gasteiger charge is 2.27. The molecule has 0 radical (unpaired) electrons. The van der Waals surface area contributed by atoms with E-state index in [0.717, 1.165) is 30.2 Å². The molecule has 0 amide bonds. The Morgan fingerprint density at radius 2 is 1.85 bits per heavy atom. The standard InChI is InChI=1S/C18H12F3N5/c19-12-8-14(21)13(20)7-11(12)17-16(15-4-2-5-25(15)24-17)10-3-1-6-26-18(10)22-9-23-26/h1,3,6-9H,2,4-5H2. The molecule has 8 heteroatoms. The van der Waals surface area contributed by atoms with Crippen LogP contribution in [-0.4, -0.2) is 24.4 Å². The largest absolute Gasteiger partial charge is 0.268 e. The third-order valence-electron chi connectivity index (χ3n) is 4.68. The molecule has 0 bridgehead atoms. The van der Waals surface area contributed by atoms with Crippen LogP contribution in [0.2, 0.25) is 0 Å². The molecule has 1 aromatic carbocycles. The lowest BCUT2D eigenvalue weighted by Crippen LogP contribution is -1.96. The highest BCUT2D eigenvalue weighted by atomic mass is 19.2. The maximum atomic E-state index is 14.4. The van der Waals surface area contributed by atoms with E-state index >= 15 is 0 Å². The highest BCUT2D eigenvalue weighted by molar-refractivity contribution is 5.89. The second-order valence-corrected chi connectivity index (χ2v) is 6.19. The summed E-state index contributed by atoms with van der Waals surface area (Å²) in [5.41, 5.74) is 3.16. The molecule has 3 aromatic heterocycles. The van der Waals surface area contributed by atoms with Gasteiger partial charge in [-0.25, -0.2) is 22.7 Å². The van der Waals surface area contributed by atoms with Crippen molar-refractivity contribution in [1.29, 1.82) is 0 Å². The van der Waals surface area contributed by atoms with E-state index in [1.807, 2.05) is 6.07 Å². The van der Waals surface area contributed by atoms with Gasteiger partial charge in [0.05, 0.1) is 0 Å². The molecule has 0 fully saturated rings. The number of hydrogen-bond acceptors (Lipinski definition) is 3. The lowest BCUT2D eigenvalue weighted by molar-refractivity contribution is 0.496. The van der Waals surface area contributed by atoms with Gasteiger partial charge in [-0.1, -0.05) is 0 Å². The molecule has 26 heavy (non-hydrogen) atoms. The first-order valence-electron chi connectivity index (χ1n) is 8.17. The van der Waals surface area contributed by atoms with Crippen LogP contribution in [0.5, 0.6) is 0 Å². The Hall–Kier alpha value is -3.16. The van der Waals surface area contributed by atoms with E-state index in [2.05, 4.69) is 15.2 Å². The van der Waals surface area contributed by atoms with Crippen molar-refractivity contribution >= 4 is 5.65 Å². The third kappa shape index (κ3) is 2.08. The van der Waals surface area contributed by atoms with Gasteiger partial charge in [0.25, 0.3) is 0 Å². The summed E-state index contributed by atoms with van der Waals surface area (Å²) in [5, 5.41) is 8.61. The normalized spacial score (nSPS) is 13.5. The molecule has 0 atom stereocenters. The molecule has 1 aliphatic heterocycles. The Morgan fingerprint density at radius 3 is 2.73 bits per heavy atom. The Kier molecular flexibility index (Phi) is 3.15. The van der Waals surface area contributed by atoms with Crippen molar-refractivity contribution in [2.75, 3.05) is 0 Å². The molecule has 130 valence electrons. The van der Waals surface area contributed by atoms with Crippen molar-refractivity contribution in [2.45, 2.75) is 19.4 Å². The van der Waals surface area contributed by atoms with Crippen molar-refractivity contribution in [3.05, 3.63) is 59.9 Å². The lowest BCUT2D eigenvalue weighted by atomic mass is 9.98. The lowest BCUT2D eigenvalue weighted by Gasteiger charge is -2.08. The number of benzene rings is 1. The summed E-state index contributed by atoms with van der Waals surface area (Å²) >= 11 is 0. The average molecular weight is 355 g/mol. The quantitative estimate of drug-likeness (QED) is 0.516. The predicted octanol–water partition coefficient (Wildman–Crippen LogP) is 3.62. The minimum Gasteiger partial charge on any atom is -0.268 e. The number of rotatable bonds is 2. The van der Waals surface area contributed by atoms with Gasteiger partial charge in [0.1, 0.15) is 17.8 Å². The van der Waals surface area contributed by atoms with Gasteiger partial charge in [0.2, 0.25) is 0 Å². The molecule has 1 aliphatic rings. The van der Waals surface area contributed by atoms with Crippen molar-refractivity contribution in [1.82, 2.24) is 24.4 Å². The summed E-state index contributed by atoms with van der Waals surface area (Å²) in [6.07, 6.45) is 4.88. The molecule has 0 N–H and O–H groups in total. The fourth-order valence-electron chi connectivity index (χ4n) is 3.55. The Balaban J connectivity index is 1.84. The minimum absolute atomic E-state index is 0.0673. The van der Waals surface area contributed by atoms with Gasteiger partial charge in [-0.2, -0.15) is 10.2 Å². The Bertz CT molecular complexity index is 1160. The second kappa shape index (κ2) is 5.42. The third-order valence-corrected chi connectivity index (χ3v) is 4.68. The van der Waals surface area contributed by atoms with E-state index in [4.69, 9.17) is 0 Å². The van der Waals surface area contributed by atoms with Crippen LogP contribution >= 0.6 is 0 Å². The zero-order chi connectivity index (χ0) is 17.8. The van der Waals surface area contributed by atoms with Gasteiger partial charge in [-0.15, -0.1) is 0 Å². The molecule has 4 aromatic rings. The van der Waals surface area contributed by atoms with Crippen LogP contribution in [0.3, 0.4) is 0 Å². The number of aryl methyl sites for hydroxylation is 1. The zero-order valence-corrected chi connectivity index (χ0v) is 13.5. The van der Waals surface area contributed by atoms with Gasteiger partial charge < -0.3 is 0 Å². The molecule has 0 saturated heterocycles. The average Bonchev–Trinajstić information content (AvgIpc) is 3.32. The molecular weight excluding hydrogens is 343 g/mol. The number of nitrogens with zero attached hydrogens (tertiary/aromatic N) is 5. The molecule has 0 saturated carbocycles. The molecule has 5 rings (SSSR count). The number of pyridine rings is 1. The molecule has 0 aliphatic carbocycles. The van der Waals surface area contributed by atoms with E-state index in [1.54, 1.807) is 21.5 Å². The van der Waals surface area contributed by atoms with E-state index < -0.39 is 17.5 Å². The van der Waals surface area contributed by atoms with Crippen LogP contribution in [0.1, 0.15) is 12.1 Å². The number of fused-ring (bicyclic) bond motifs is 2. The summed E-state index contributed by atoms with van der Waals surface area (Å²) in [4.78, 5) is 4.28. The van der Waals surface area contributed by atoms with Gasteiger partial charge in [0, 0.05) is 41.2 Å². The van der Waals surface area contributed by atoms with Gasteiger partial charge >= 0.3 is 0 Å². The fourth-order valence-corrected chi connectivity index (χ4v) is 3.55. The first kappa shape index (κ1) is 15.1. The molecule has 4 heterocycles.